The van der Waals surface area contributed by atoms with E-state index in [2.05, 4.69) is 12.0 Å². The van der Waals surface area contributed by atoms with Crippen molar-refractivity contribution in [2.24, 2.45) is 5.92 Å². The van der Waals surface area contributed by atoms with Gasteiger partial charge in [0.15, 0.2) is 0 Å². The van der Waals surface area contributed by atoms with Gasteiger partial charge in [-0.2, -0.15) is 0 Å². The molecule has 1 fully saturated rings. The number of piperidine rings is 1. The molecule has 1 N–H and O–H groups in total. The van der Waals surface area contributed by atoms with Crippen LogP contribution in [0.1, 0.15) is 32.6 Å². The monoisotopic (exact) mass is 400 g/mol. The van der Waals surface area contributed by atoms with E-state index < -0.39 is 11.1 Å². The molecule has 0 saturated carbocycles. The topological polar surface area (TPSA) is 95.5 Å². The van der Waals surface area contributed by atoms with Crippen molar-refractivity contribution < 1.29 is 9.59 Å². The SMILES string of the molecule is CCCCN(C)C(=O)C1CCN(C(=O)Cn2[nH]c(=O)c3ccccc3c2=O)CC1. The van der Waals surface area contributed by atoms with Crippen LogP contribution >= 0.6 is 0 Å². The number of nitrogens with one attached hydrogen (secondary N) is 1. The molecular weight excluding hydrogens is 372 g/mol. The number of hydrogen-bond donors (Lipinski definition) is 1. The highest BCUT2D eigenvalue weighted by Gasteiger charge is 2.29. The number of benzene rings is 1. The number of nitrogens with zero attached hydrogens (tertiary/aromatic N) is 3. The third-order valence-electron chi connectivity index (χ3n) is 5.60. The van der Waals surface area contributed by atoms with Crippen molar-refractivity contribution in [3.63, 3.8) is 0 Å². The molecule has 156 valence electrons. The quantitative estimate of drug-likeness (QED) is 0.788. The van der Waals surface area contributed by atoms with E-state index in [1.54, 1.807) is 34.1 Å². The Kier molecular flexibility index (Phi) is 6.51. The molecule has 0 aliphatic carbocycles. The largest absolute Gasteiger partial charge is 0.346 e. The average molecular weight is 400 g/mol. The molecule has 1 aromatic heterocycles. The van der Waals surface area contributed by atoms with Crippen molar-refractivity contribution in [1.82, 2.24) is 19.6 Å². The van der Waals surface area contributed by atoms with Crippen molar-refractivity contribution >= 4 is 22.6 Å². The Hall–Kier alpha value is -2.90. The first-order valence-electron chi connectivity index (χ1n) is 10.2. The van der Waals surface area contributed by atoms with Crippen LogP contribution in [-0.4, -0.2) is 58.1 Å². The second kappa shape index (κ2) is 9.07. The summed E-state index contributed by atoms with van der Waals surface area (Å²) in [5.74, 6) is -0.159. The van der Waals surface area contributed by atoms with Gasteiger partial charge in [-0.15, -0.1) is 0 Å². The van der Waals surface area contributed by atoms with Gasteiger partial charge in [-0.05, 0) is 31.4 Å². The average Bonchev–Trinajstić information content (AvgIpc) is 2.75. The number of likely N-dealkylation sites (tertiary alicyclic amines) is 1. The van der Waals surface area contributed by atoms with Gasteiger partial charge in [-0.1, -0.05) is 25.5 Å². The number of unbranched alkanes of at least 4 members (excludes halogenated alkanes) is 1. The number of rotatable bonds is 6. The van der Waals surface area contributed by atoms with Crippen LogP contribution in [0, 0.1) is 5.92 Å². The molecule has 0 unspecified atom stereocenters. The highest BCUT2D eigenvalue weighted by Crippen LogP contribution is 2.20. The number of H-pyrrole nitrogens is 1. The molecule has 0 radical (unpaired) electrons. The molecule has 2 aromatic rings. The van der Waals surface area contributed by atoms with Gasteiger partial charge in [0.25, 0.3) is 11.1 Å². The summed E-state index contributed by atoms with van der Waals surface area (Å²) >= 11 is 0. The lowest BCUT2D eigenvalue weighted by molar-refractivity contribution is -0.140. The van der Waals surface area contributed by atoms with Crippen LogP contribution < -0.4 is 11.1 Å². The highest BCUT2D eigenvalue weighted by atomic mass is 16.2. The lowest BCUT2D eigenvalue weighted by atomic mass is 9.95. The number of amides is 2. The van der Waals surface area contributed by atoms with E-state index in [1.165, 1.54) is 0 Å². The van der Waals surface area contributed by atoms with Gasteiger partial charge < -0.3 is 9.80 Å². The Balaban J connectivity index is 1.63. The normalized spacial score (nSPS) is 14.9. The maximum absolute atomic E-state index is 12.7. The molecular formula is C21H28N4O4. The molecule has 1 aromatic carbocycles. The maximum atomic E-state index is 12.7. The summed E-state index contributed by atoms with van der Waals surface area (Å²) < 4.78 is 1.07. The second-order valence-corrected chi connectivity index (χ2v) is 7.65. The first-order chi connectivity index (χ1) is 13.9. The molecule has 3 rings (SSSR count). The summed E-state index contributed by atoms with van der Waals surface area (Å²) in [6.45, 7) is 3.59. The number of fused-ring (bicyclic) bond motifs is 1. The van der Waals surface area contributed by atoms with Crippen molar-refractivity contribution in [2.45, 2.75) is 39.2 Å². The van der Waals surface area contributed by atoms with E-state index in [1.807, 2.05) is 7.05 Å². The van der Waals surface area contributed by atoms with Gasteiger partial charge in [0.05, 0.1) is 10.8 Å². The predicted octanol–water partition coefficient (Wildman–Crippen LogP) is 1.19. The van der Waals surface area contributed by atoms with Crippen molar-refractivity contribution in [3.05, 3.63) is 45.0 Å². The second-order valence-electron chi connectivity index (χ2n) is 7.65. The molecule has 8 nitrogen and oxygen atoms in total. The van der Waals surface area contributed by atoms with Gasteiger partial charge in [0, 0.05) is 32.6 Å². The fraction of sp³-hybridized carbons (Fsp3) is 0.524. The highest BCUT2D eigenvalue weighted by molar-refractivity contribution is 5.81. The Morgan fingerprint density at radius 2 is 1.79 bits per heavy atom. The molecule has 0 spiro atoms. The van der Waals surface area contributed by atoms with E-state index in [0.29, 0.717) is 36.7 Å². The zero-order chi connectivity index (χ0) is 21.0. The molecule has 1 aliphatic rings. The van der Waals surface area contributed by atoms with E-state index in [-0.39, 0.29) is 24.3 Å². The molecule has 2 amide bonds. The minimum absolute atomic E-state index is 0.0656. The first-order valence-corrected chi connectivity index (χ1v) is 10.2. The summed E-state index contributed by atoms with van der Waals surface area (Å²) in [6, 6.07) is 6.55. The molecule has 8 heteroatoms. The smallest absolute Gasteiger partial charge is 0.273 e. The van der Waals surface area contributed by atoms with Gasteiger partial charge in [-0.25, -0.2) is 4.68 Å². The lowest BCUT2D eigenvalue weighted by Crippen LogP contribution is -2.45. The van der Waals surface area contributed by atoms with Crippen molar-refractivity contribution in [1.29, 1.82) is 0 Å². The third kappa shape index (κ3) is 4.58. The van der Waals surface area contributed by atoms with Gasteiger partial charge in [0.1, 0.15) is 6.54 Å². The van der Waals surface area contributed by atoms with Crippen LogP contribution in [0.3, 0.4) is 0 Å². The fourth-order valence-corrected chi connectivity index (χ4v) is 3.79. The van der Waals surface area contributed by atoms with Crippen LogP contribution in [0.4, 0.5) is 0 Å². The standard InChI is InChI=1S/C21H28N4O4/c1-3-4-11-23(2)20(28)15-9-12-24(13-10-15)18(26)14-25-21(29)17-8-6-5-7-16(17)19(27)22-25/h5-8,15H,3-4,9-14H2,1-2H3,(H,22,27). The van der Waals surface area contributed by atoms with Crippen molar-refractivity contribution in [3.8, 4) is 0 Å². The van der Waals surface area contributed by atoms with Crippen LogP contribution in [-0.2, 0) is 16.1 Å². The van der Waals surface area contributed by atoms with Crippen LogP contribution in [0.25, 0.3) is 10.8 Å². The van der Waals surface area contributed by atoms with Crippen LogP contribution in [0.5, 0.6) is 0 Å². The van der Waals surface area contributed by atoms with Crippen LogP contribution in [0.2, 0.25) is 0 Å². The molecule has 1 saturated heterocycles. The number of carbonyl (C=O) groups excluding carboxylic acids is 2. The molecule has 2 heterocycles. The molecule has 1 aliphatic heterocycles. The predicted molar refractivity (Wildman–Crippen MR) is 111 cm³/mol. The van der Waals surface area contributed by atoms with Gasteiger partial charge in [-0.3, -0.25) is 24.3 Å². The van der Waals surface area contributed by atoms with Gasteiger partial charge >= 0.3 is 0 Å². The first kappa shape index (κ1) is 20.8. The van der Waals surface area contributed by atoms with E-state index >= 15 is 0 Å². The molecule has 0 atom stereocenters. The Labute approximate surface area is 169 Å². The van der Waals surface area contributed by atoms with Crippen molar-refractivity contribution in [2.75, 3.05) is 26.7 Å². The lowest BCUT2D eigenvalue weighted by Gasteiger charge is -2.33. The summed E-state index contributed by atoms with van der Waals surface area (Å²) in [5.41, 5.74) is -0.788. The molecule has 29 heavy (non-hydrogen) atoms. The summed E-state index contributed by atoms with van der Waals surface area (Å²) in [5, 5.41) is 3.10. The Morgan fingerprint density at radius 3 is 2.45 bits per heavy atom. The van der Waals surface area contributed by atoms with Gasteiger partial charge in [0.2, 0.25) is 11.8 Å². The van der Waals surface area contributed by atoms with E-state index in [9.17, 15) is 19.2 Å². The number of aromatic amines is 1. The number of aromatic nitrogens is 2. The molecule has 0 bridgehead atoms. The fourth-order valence-electron chi connectivity index (χ4n) is 3.79. The zero-order valence-corrected chi connectivity index (χ0v) is 17.0. The Morgan fingerprint density at radius 1 is 1.14 bits per heavy atom. The maximum Gasteiger partial charge on any atom is 0.273 e. The minimum Gasteiger partial charge on any atom is -0.346 e. The zero-order valence-electron chi connectivity index (χ0n) is 17.0. The summed E-state index contributed by atoms with van der Waals surface area (Å²) in [7, 11) is 1.83. The van der Waals surface area contributed by atoms with E-state index in [4.69, 9.17) is 0 Å². The Bertz CT molecular complexity index is 1000. The number of carbonyl (C=O) groups is 2. The van der Waals surface area contributed by atoms with Crippen LogP contribution in [0.15, 0.2) is 33.9 Å². The number of hydrogen-bond acceptors (Lipinski definition) is 4. The minimum atomic E-state index is -0.396. The summed E-state index contributed by atoms with van der Waals surface area (Å²) in [6.07, 6.45) is 3.26. The van der Waals surface area contributed by atoms with E-state index in [0.717, 1.165) is 24.1 Å². The summed E-state index contributed by atoms with van der Waals surface area (Å²) in [4.78, 5) is 53.4. The third-order valence-corrected chi connectivity index (χ3v) is 5.60.